The number of amides is 2. The fourth-order valence-corrected chi connectivity index (χ4v) is 4.18. The quantitative estimate of drug-likeness (QED) is 0.621. The highest BCUT2D eigenvalue weighted by Gasteiger charge is 2.24. The maximum atomic E-state index is 12.4. The molecular formula is C25H28N4O3. The number of ether oxygens (including phenoxy) is 1. The normalized spacial score (nSPS) is 14.4. The number of piperidine rings is 1. The number of carbonyl (C=O) groups is 2. The molecule has 2 heterocycles. The molecule has 0 bridgehead atoms. The first-order valence-electron chi connectivity index (χ1n) is 10.8. The number of para-hydroxylation sites is 1. The van der Waals surface area contributed by atoms with Crippen molar-refractivity contribution in [3.63, 3.8) is 0 Å². The van der Waals surface area contributed by atoms with Crippen LogP contribution < -0.4 is 20.7 Å². The number of hydrogen-bond donors (Lipinski definition) is 2. The van der Waals surface area contributed by atoms with E-state index in [-0.39, 0.29) is 24.3 Å². The molecule has 1 aromatic heterocycles. The van der Waals surface area contributed by atoms with Gasteiger partial charge in [-0.1, -0.05) is 18.2 Å². The van der Waals surface area contributed by atoms with Gasteiger partial charge >= 0.3 is 0 Å². The third kappa shape index (κ3) is 4.99. The number of benzene rings is 2. The van der Waals surface area contributed by atoms with E-state index < -0.39 is 0 Å². The van der Waals surface area contributed by atoms with Crippen LogP contribution in [0.5, 0.6) is 5.75 Å². The summed E-state index contributed by atoms with van der Waals surface area (Å²) in [6.45, 7) is 5.34. The minimum atomic E-state index is -0.231. The van der Waals surface area contributed by atoms with E-state index >= 15 is 0 Å². The molecule has 2 aromatic carbocycles. The van der Waals surface area contributed by atoms with Crippen molar-refractivity contribution in [1.29, 1.82) is 0 Å². The zero-order valence-corrected chi connectivity index (χ0v) is 18.4. The first kappa shape index (κ1) is 21.6. The zero-order chi connectivity index (χ0) is 22.7. The van der Waals surface area contributed by atoms with Gasteiger partial charge < -0.3 is 20.7 Å². The third-order valence-corrected chi connectivity index (χ3v) is 5.75. The molecule has 1 fully saturated rings. The molecule has 0 unspecified atom stereocenters. The van der Waals surface area contributed by atoms with Gasteiger partial charge in [0.25, 0.3) is 5.91 Å². The molecule has 32 heavy (non-hydrogen) atoms. The van der Waals surface area contributed by atoms with Gasteiger partial charge in [0.15, 0.2) is 6.61 Å². The molecule has 1 aliphatic rings. The standard InChI is InChI=1S/C25H28N4O3/c1-16-12-17(2)14-20(13-16)27-23(30)15-32-21-5-3-4-18-6-7-22(28-24(18)21)29-10-8-19(9-11-29)25(26)31/h3-7,12-14,19H,8-11,15H2,1-2H3,(H2,26,31)(H,27,30). The average Bonchev–Trinajstić information content (AvgIpc) is 2.76. The van der Waals surface area contributed by atoms with E-state index in [1.807, 2.05) is 56.3 Å². The molecule has 1 saturated heterocycles. The molecule has 4 rings (SSSR count). The zero-order valence-electron chi connectivity index (χ0n) is 18.4. The highest BCUT2D eigenvalue weighted by molar-refractivity contribution is 5.92. The molecule has 3 N–H and O–H groups in total. The lowest BCUT2D eigenvalue weighted by Crippen LogP contribution is -2.38. The van der Waals surface area contributed by atoms with Crippen LogP contribution in [0, 0.1) is 19.8 Å². The number of fused-ring (bicyclic) bond motifs is 1. The molecule has 0 radical (unpaired) electrons. The molecule has 166 valence electrons. The van der Waals surface area contributed by atoms with E-state index in [1.165, 1.54) is 0 Å². The van der Waals surface area contributed by atoms with E-state index in [9.17, 15) is 9.59 Å². The molecule has 2 amide bonds. The Morgan fingerprint density at radius 3 is 2.50 bits per heavy atom. The van der Waals surface area contributed by atoms with Crippen LogP contribution in [0.2, 0.25) is 0 Å². The Hall–Kier alpha value is -3.61. The summed E-state index contributed by atoms with van der Waals surface area (Å²) in [7, 11) is 0. The molecule has 0 atom stereocenters. The van der Waals surface area contributed by atoms with E-state index in [4.69, 9.17) is 15.5 Å². The predicted octanol–water partition coefficient (Wildman–Crippen LogP) is 3.57. The lowest BCUT2D eigenvalue weighted by Gasteiger charge is -2.31. The summed E-state index contributed by atoms with van der Waals surface area (Å²) in [5.74, 6) is 0.868. The number of nitrogens with zero attached hydrogens (tertiary/aromatic N) is 2. The van der Waals surface area contributed by atoms with E-state index in [1.54, 1.807) is 0 Å². The maximum absolute atomic E-state index is 12.4. The SMILES string of the molecule is Cc1cc(C)cc(NC(=O)COc2cccc3ccc(N4CCC(C(N)=O)CC4)nc23)c1. The number of nitrogens with two attached hydrogens (primary N) is 1. The van der Waals surface area contributed by atoms with Crippen LogP contribution in [0.15, 0.2) is 48.5 Å². The van der Waals surface area contributed by atoms with E-state index in [2.05, 4.69) is 16.3 Å². The number of aryl methyl sites for hydroxylation is 2. The van der Waals surface area contributed by atoms with Crippen LogP contribution in [0.3, 0.4) is 0 Å². The Morgan fingerprint density at radius 2 is 1.81 bits per heavy atom. The van der Waals surface area contributed by atoms with Gasteiger partial charge in [0, 0.05) is 30.1 Å². The summed E-state index contributed by atoms with van der Waals surface area (Å²) in [5.41, 5.74) is 9.09. The summed E-state index contributed by atoms with van der Waals surface area (Å²) < 4.78 is 5.85. The van der Waals surface area contributed by atoms with Crippen LogP contribution >= 0.6 is 0 Å². The number of aromatic nitrogens is 1. The lowest BCUT2D eigenvalue weighted by atomic mass is 9.96. The Labute approximate surface area is 187 Å². The minimum absolute atomic E-state index is 0.0682. The molecule has 7 heteroatoms. The van der Waals surface area contributed by atoms with Crippen molar-refractivity contribution in [2.75, 3.05) is 29.9 Å². The second kappa shape index (κ2) is 9.26. The summed E-state index contributed by atoms with van der Waals surface area (Å²) in [4.78, 5) is 30.8. The van der Waals surface area contributed by atoms with Crippen molar-refractivity contribution >= 4 is 34.2 Å². The van der Waals surface area contributed by atoms with Gasteiger partial charge in [0.1, 0.15) is 17.1 Å². The van der Waals surface area contributed by atoms with E-state index in [0.29, 0.717) is 11.3 Å². The van der Waals surface area contributed by atoms with Crippen molar-refractivity contribution in [2.45, 2.75) is 26.7 Å². The molecular weight excluding hydrogens is 404 g/mol. The van der Waals surface area contributed by atoms with Crippen LogP contribution in [0.25, 0.3) is 10.9 Å². The first-order chi connectivity index (χ1) is 15.4. The Kier molecular flexibility index (Phi) is 6.25. The van der Waals surface area contributed by atoms with Gasteiger partial charge in [0.05, 0.1) is 0 Å². The summed E-state index contributed by atoms with van der Waals surface area (Å²) in [6.07, 6.45) is 1.46. The number of primary amides is 1. The Morgan fingerprint density at radius 1 is 1.09 bits per heavy atom. The average molecular weight is 433 g/mol. The number of nitrogens with one attached hydrogen (secondary N) is 1. The smallest absolute Gasteiger partial charge is 0.262 e. The minimum Gasteiger partial charge on any atom is -0.481 e. The number of rotatable bonds is 6. The van der Waals surface area contributed by atoms with Crippen molar-refractivity contribution in [3.05, 3.63) is 59.7 Å². The molecule has 3 aromatic rings. The summed E-state index contributed by atoms with van der Waals surface area (Å²) in [6, 6.07) is 15.6. The topological polar surface area (TPSA) is 97.5 Å². The molecule has 0 spiro atoms. The van der Waals surface area contributed by atoms with Gasteiger partial charge in [-0.3, -0.25) is 9.59 Å². The molecule has 1 aliphatic heterocycles. The fraction of sp³-hybridized carbons (Fsp3) is 0.320. The van der Waals surface area contributed by atoms with Crippen molar-refractivity contribution in [2.24, 2.45) is 11.7 Å². The lowest BCUT2D eigenvalue weighted by molar-refractivity contribution is -0.122. The highest BCUT2D eigenvalue weighted by Crippen LogP contribution is 2.28. The second-order valence-electron chi connectivity index (χ2n) is 8.37. The van der Waals surface area contributed by atoms with Gasteiger partial charge in [-0.15, -0.1) is 0 Å². The summed E-state index contributed by atoms with van der Waals surface area (Å²) in [5, 5.41) is 3.83. The van der Waals surface area contributed by atoms with Crippen molar-refractivity contribution in [1.82, 2.24) is 4.98 Å². The predicted molar refractivity (Wildman–Crippen MR) is 126 cm³/mol. The van der Waals surface area contributed by atoms with Gasteiger partial charge in [-0.2, -0.15) is 0 Å². The van der Waals surface area contributed by atoms with Gasteiger partial charge in [0.2, 0.25) is 5.91 Å². The number of carbonyl (C=O) groups excluding carboxylic acids is 2. The van der Waals surface area contributed by atoms with Gasteiger partial charge in [-0.05, 0) is 68.1 Å². The highest BCUT2D eigenvalue weighted by atomic mass is 16.5. The van der Waals surface area contributed by atoms with Crippen molar-refractivity contribution < 1.29 is 14.3 Å². The van der Waals surface area contributed by atoms with Crippen LogP contribution in [-0.2, 0) is 9.59 Å². The largest absolute Gasteiger partial charge is 0.481 e. The first-order valence-corrected chi connectivity index (χ1v) is 10.8. The van der Waals surface area contributed by atoms with Crippen LogP contribution in [0.1, 0.15) is 24.0 Å². The fourth-order valence-electron chi connectivity index (χ4n) is 4.18. The summed E-state index contributed by atoms with van der Waals surface area (Å²) >= 11 is 0. The van der Waals surface area contributed by atoms with Crippen molar-refractivity contribution in [3.8, 4) is 5.75 Å². The van der Waals surface area contributed by atoms with Gasteiger partial charge in [-0.25, -0.2) is 4.98 Å². The number of anilines is 2. The monoisotopic (exact) mass is 432 g/mol. The number of hydrogen-bond acceptors (Lipinski definition) is 5. The third-order valence-electron chi connectivity index (χ3n) is 5.75. The number of pyridine rings is 1. The second-order valence-corrected chi connectivity index (χ2v) is 8.37. The van der Waals surface area contributed by atoms with E-state index in [0.717, 1.165) is 53.9 Å². The molecule has 0 aliphatic carbocycles. The molecule has 7 nitrogen and oxygen atoms in total. The van der Waals surface area contributed by atoms with Crippen LogP contribution in [-0.4, -0.2) is 36.5 Å². The molecule has 0 saturated carbocycles. The Balaban J connectivity index is 1.46. The maximum Gasteiger partial charge on any atom is 0.262 e. The Bertz CT molecular complexity index is 1130. The van der Waals surface area contributed by atoms with Crippen LogP contribution in [0.4, 0.5) is 11.5 Å².